The van der Waals surface area contributed by atoms with Crippen LogP contribution in [0.4, 0.5) is 11.4 Å². The zero-order valence-electron chi connectivity index (χ0n) is 16.3. The molecule has 0 aliphatic carbocycles. The quantitative estimate of drug-likeness (QED) is 0.486. The fourth-order valence-electron chi connectivity index (χ4n) is 2.49. The number of benzene rings is 2. The molecule has 28 heavy (non-hydrogen) atoms. The van der Waals surface area contributed by atoms with E-state index in [0.29, 0.717) is 34.1 Å². The van der Waals surface area contributed by atoms with Gasteiger partial charge in [-0.3, -0.25) is 14.9 Å². The number of non-ortho nitro benzene ring substituents is 1. The number of rotatable bonds is 8. The summed E-state index contributed by atoms with van der Waals surface area (Å²) in [5, 5.41) is 17.4. The van der Waals surface area contributed by atoms with Gasteiger partial charge in [0.15, 0.2) is 0 Å². The number of nitrogens with one attached hydrogen (secondary N) is 2. The topological polar surface area (TPSA) is 93.5 Å². The molecule has 2 N–H and O–H groups in total. The summed E-state index contributed by atoms with van der Waals surface area (Å²) in [4.78, 5) is 22.9. The van der Waals surface area contributed by atoms with Gasteiger partial charge in [0.2, 0.25) is 0 Å². The highest BCUT2D eigenvalue weighted by atomic mass is 35.5. The van der Waals surface area contributed by atoms with Crippen LogP contribution >= 0.6 is 11.6 Å². The number of halogens is 1. The predicted molar refractivity (Wildman–Crippen MR) is 110 cm³/mol. The van der Waals surface area contributed by atoms with Gasteiger partial charge < -0.3 is 15.4 Å². The molecule has 1 amide bonds. The third-order valence-corrected chi connectivity index (χ3v) is 4.82. The van der Waals surface area contributed by atoms with Crippen molar-refractivity contribution in [1.29, 1.82) is 0 Å². The summed E-state index contributed by atoms with van der Waals surface area (Å²) in [7, 11) is 1.51. The van der Waals surface area contributed by atoms with Crippen molar-refractivity contribution in [3.05, 3.63) is 62.7 Å². The SMILES string of the molecule is CCC(C)(C)NC(=O)c1ccc(NCc2cc([N+](=O)[O-])ccc2OC)cc1Cl. The highest BCUT2D eigenvalue weighted by Crippen LogP contribution is 2.26. The molecule has 0 aliphatic heterocycles. The Morgan fingerprint density at radius 1 is 1.25 bits per heavy atom. The summed E-state index contributed by atoms with van der Waals surface area (Å²) in [5.41, 5.74) is 1.38. The van der Waals surface area contributed by atoms with E-state index in [2.05, 4.69) is 10.6 Å². The molecule has 8 heteroatoms. The molecule has 0 unspecified atom stereocenters. The number of hydrogen-bond donors (Lipinski definition) is 2. The molecule has 0 aromatic heterocycles. The Bertz CT molecular complexity index is 884. The minimum atomic E-state index is -0.453. The van der Waals surface area contributed by atoms with Crippen molar-refractivity contribution >= 4 is 28.9 Å². The molecule has 2 aromatic rings. The summed E-state index contributed by atoms with van der Waals surface area (Å²) in [6.07, 6.45) is 0.793. The number of nitro groups is 1. The summed E-state index contributed by atoms with van der Waals surface area (Å²) in [5.74, 6) is 0.311. The number of amides is 1. The molecule has 0 bridgehead atoms. The second kappa shape index (κ2) is 8.93. The van der Waals surface area contributed by atoms with Crippen molar-refractivity contribution in [2.75, 3.05) is 12.4 Å². The minimum absolute atomic E-state index is 0.0128. The number of carbonyl (C=O) groups is 1. The van der Waals surface area contributed by atoms with Crippen molar-refractivity contribution in [3.8, 4) is 5.75 Å². The number of anilines is 1. The van der Waals surface area contributed by atoms with Gasteiger partial charge in [-0.15, -0.1) is 0 Å². The summed E-state index contributed by atoms with van der Waals surface area (Å²) in [6.45, 7) is 6.19. The zero-order valence-corrected chi connectivity index (χ0v) is 17.1. The maximum Gasteiger partial charge on any atom is 0.270 e. The smallest absolute Gasteiger partial charge is 0.270 e. The second-order valence-corrected chi connectivity index (χ2v) is 7.40. The van der Waals surface area contributed by atoms with Gasteiger partial charge in [-0.25, -0.2) is 0 Å². The average Bonchev–Trinajstić information content (AvgIpc) is 2.65. The van der Waals surface area contributed by atoms with Gasteiger partial charge in [0, 0.05) is 35.5 Å². The number of carbonyl (C=O) groups excluding carboxylic acids is 1. The van der Waals surface area contributed by atoms with E-state index >= 15 is 0 Å². The van der Waals surface area contributed by atoms with Gasteiger partial charge in [0.25, 0.3) is 11.6 Å². The van der Waals surface area contributed by atoms with Crippen LogP contribution in [0.3, 0.4) is 0 Å². The monoisotopic (exact) mass is 405 g/mol. The number of ether oxygens (including phenoxy) is 1. The van der Waals surface area contributed by atoms with Gasteiger partial charge in [-0.1, -0.05) is 18.5 Å². The van der Waals surface area contributed by atoms with Crippen molar-refractivity contribution < 1.29 is 14.5 Å². The first-order valence-electron chi connectivity index (χ1n) is 8.84. The molecule has 0 spiro atoms. The highest BCUT2D eigenvalue weighted by Gasteiger charge is 2.20. The predicted octanol–water partition coefficient (Wildman–Crippen LogP) is 4.79. The second-order valence-electron chi connectivity index (χ2n) is 6.99. The van der Waals surface area contributed by atoms with Crippen molar-refractivity contribution in [1.82, 2.24) is 5.32 Å². The molecular formula is C20H24ClN3O4. The van der Waals surface area contributed by atoms with E-state index in [4.69, 9.17) is 16.3 Å². The van der Waals surface area contributed by atoms with E-state index in [1.165, 1.54) is 19.2 Å². The van der Waals surface area contributed by atoms with Gasteiger partial charge in [-0.05, 0) is 44.5 Å². The van der Waals surface area contributed by atoms with Gasteiger partial charge in [-0.2, -0.15) is 0 Å². The van der Waals surface area contributed by atoms with Crippen molar-refractivity contribution in [3.63, 3.8) is 0 Å². The molecule has 150 valence electrons. The van der Waals surface area contributed by atoms with Crippen LogP contribution in [0, 0.1) is 10.1 Å². The first-order chi connectivity index (χ1) is 13.2. The standard InChI is InChI=1S/C20H24ClN3O4/c1-5-20(2,3)23-19(25)16-8-6-14(11-17(16)21)22-12-13-10-15(24(26)27)7-9-18(13)28-4/h6-11,22H,5,12H2,1-4H3,(H,23,25). The Morgan fingerprint density at radius 3 is 2.54 bits per heavy atom. The van der Waals surface area contributed by atoms with E-state index in [9.17, 15) is 14.9 Å². The lowest BCUT2D eigenvalue weighted by Crippen LogP contribution is -2.42. The lowest BCUT2D eigenvalue weighted by molar-refractivity contribution is -0.384. The molecular weight excluding hydrogens is 382 g/mol. The van der Waals surface area contributed by atoms with Crippen molar-refractivity contribution in [2.24, 2.45) is 0 Å². The molecule has 0 atom stereocenters. The molecule has 0 radical (unpaired) electrons. The Balaban J connectivity index is 2.14. The fourth-order valence-corrected chi connectivity index (χ4v) is 2.75. The first-order valence-corrected chi connectivity index (χ1v) is 9.22. The van der Waals surface area contributed by atoms with Gasteiger partial charge in [0.05, 0.1) is 22.6 Å². The maximum atomic E-state index is 12.4. The Labute approximate surface area is 169 Å². The van der Waals surface area contributed by atoms with Crippen LogP contribution in [0.15, 0.2) is 36.4 Å². The molecule has 0 saturated heterocycles. The van der Waals surface area contributed by atoms with Crippen LogP contribution in [-0.2, 0) is 6.54 Å². The fraction of sp³-hybridized carbons (Fsp3) is 0.350. The molecule has 7 nitrogen and oxygen atoms in total. The zero-order chi connectivity index (χ0) is 20.9. The van der Waals surface area contributed by atoms with E-state index in [1.54, 1.807) is 24.3 Å². The summed E-state index contributed by atoms with van der Waals surface area (Å²) < 4.78 is 5.26. The van der Waals surface area contributed by atoms with Crippen LogP contribution in [0.1, 0.15) is 43.1 Å². The highest BCUT2D eigenvalue weighted by molar-refractivity contribution is 6.34. The third-order valence-electron chi connectivity index (χ3n) is 4.51. The number of nitrogens with zero attached hydrogens (tertiary/aromatic N) is 1. The Kier molecular flexibility index (Phi) is 6.85. The van der Waals surface area contributed by atoms with Crippen LogP contribution < -0.4 is 15.4 Å². The number of methoxy groups -OCH3 is 1. The lowest BCUT2D eigenvalue weighted by Gasteiger charge is -2.24. The van der Waals surface area contributed by atoms with Crippen LogP contribution in [0.2, 0.25) is 5.02 Å². The van der Waals surface area contributed by atoms with Crippen molar-refractivity contribution in [2.45, 2.75) is 39.3 Å². The van der Waals surface area contributed by atoms with E-state index in [-0.39, 0.29) is 17.1 Å². The van der Waals surface area contributed by atoms with Crippen LogP contribution in [0.25, 0.3) is 0 Å². The average molecular weight is 406 g/mol. The van der Waals surface area contributed by atoms with E-state index in [0.717, 1.165) is 6.42 Å². The van der Waals surface area contributed by atoms with E-state index < -0.39 is 4.92 Å². The van der Waals surface area contributed by atoms with Crippen LogP contribution in [-0.4, -0.2) is 23.5 Å². The number of hydrogen-bond acceptors (Lipinski definition) is 5. The summed E-state index contributed by atoms with van der Waals surface area (Å²) in [6, 6.07) is 9.46. The Morgan fingerprint density at radius 2 is 1.96 bits per heavy atom. The Hall–Kier alpha value is -2.80. The maximum absolute atomic E-state index is 12.4. The third kappa shape index (κ3) is 5.36. The van der Waals surface area contributed by atoms with E-state index in [1.807, 2.05) is 20.8 Å². The molecule has 2 rings (SSSR count). The summed E-state index contributed by atoms with van der Waals surface area (Å²) >= 11 is 6.29. The molecule has 2 aromatic carbocycles. The molecule has 0 saturated carbocycles. The van der Waals surface area contributed by atoms with Gasteiger partial charge >= 0.3 is 0 Å². The molecule has 0 heterocycles. The first kappa shape index (κ1) is 21.5. The van der Waals surface area contributed by atoms with Gasteiger partial charge in [0.1, 0.15) is 5.75 Å². The largest absolute Gasteiger partial charge is 0.496 e. The molecule has 0 fully saturated rings. The number of nitro benzene ring substituents is 1. The van der Waals surface area contributed by atoms with Crippen LogP contribution in [0.5, 0.6) is 5.75 Å². The lowest BCUT2D eigenvalue weighted by atomic mass is 10.0. The minimum Gasteiger partial charge on any atom is -0.496 e. The normalized spacial score (nSPS) is 11.0. The molecule has 0 aliphatic rings.